The van der Waals surface area contributed by atoms with Gasteiger partial charge in [0.05, 0.1) is 5.69 Å². The number of carbonyl (C=O) groups excluding carboxylic acids is 1. The maximum absolute atomic E-state index is 11.7. The zero-order valence-electron chi connectivity index (χ0n) is 10.1. The van der Waals surface area contributed by atoms with E-state index in [1.54, 1.807) is 9.58 Å². The molecule has 0 atom stereocenters. The van der Waals surface area contributed by atoms with Crippen LogP contribution in [0.5, 0.6) is 0 Å². The van der Waals surface area contributed by atoms with Gasteiger partial charge in [0.25, 0.3) is 0 Å². The lowest BCUT2D eigenvalue weighted by atomic mass is 10.2. The van der Waals surface area contributed by atoms with Crippen LogP contribution in [-0.4, -0.2) is 27.6 Å². The molecule has 1 rings (SSSR count). The van der Waals surface area contributed by atoms with Crippen LogP contribution in [0, 0.1) is 12.8 Å². The highest BCUT2D eigenvalue weighted by molar-refractivity contribution is 5.77. The van der Waals surface area contributed by atoms with Crippen LogP contribution in [0.1, 0.15) is 25.1 Å². The largest absolute Gasteiger partial charge is 0.341 e. The molecule has 0 aliphatic rings. The van der Waals surface area contributed by atoms with E-state index >= 15 is 0 Å². The van der Waals surface area contributed by atoms with Gasteiger partial charge in [0.2, 0.25) is 5.91 Å². The number of aromatic nitrogens is 2. The SMILES string of the molecule is Cc1nn(C)cc1CN(C)C(=O)C(C)C. The molecule has 0 aliphatic heterocycles. The number of carbonyl (C=O) groups is 1. The van der Waals surface area contributed by atoms with Gasteiger partial charge < -0.3 is 4.90 Å². The first-order valence-electron chi connectivity index (χ1n) is 5.16. The lowest BCUT2D eigenvalue weighted by Gasteiger charge is -2.18. The highest BCUT2D eigenvalue weighted by atomic mass is 16.2. The molecule has 1 aromatic heterocycles. The number of aryl methyl sites for hydroxylation is 2. The van der Waals surface area contributed by atoms with E-state index in [0.29, 0.717) is 6.54 Å². The number of rotatable bonds is 3. The Kier molecular flexibility index (Phi) is 3.50. The number of hydrogen-bond acceptors (Lipinski definition) is 2. The normalized spacial score (nSPS) is 10.8. The van der Waals surface area contributed by atoms with Crippen molar-refractivity contribution >= 4 is 5.91 Å². The third-order valence-corrected chi connectivity index (χ3v) is 2.39. The molecule has 0 saturated carbocycles. The van der Waals surface area contributed by atoms with Crippen molar-refractivity contribution in [3.05, 3.63) is 17.5 Å². The molecule has 15 heavy (non-hydrogen) atoms. The van der Waals surface area contributed by atoms with Crippen molar-refractivity contribution in [2.45, 2.75) is 27.3 Å². The Labute approximate surface area is 90.9 Å². The lowest BCUT2D eigenvalue weighted by Crippen LogP contribution is -2.30. The first kappa shape index (κ1) is 11.8. The molecule has 0 fully saturated rings. The quantitative estimate of drug-likeness (QED) is 0.753. The van der Waals surface area contributed by atoms with Gasteiger partial charge in [0, 0.05) is 38.3 Å². The summed E-state index contributed by atoms with van der Waals surface area (Å²) in [5, 5.41) is 4.25. The molecule has 0 spiro atoms. The van der Waals surface area contributed by atoms with Crippen LogP contribution < -0.4 is 0 Å². The molecule has 0 N–H and O–H groups in total. The molecule has 4 heteroatoms. The molecule has 0 aliphatic carbocycles. The Morgan fingerprint density at radius 2 is 2.20 bits per heavy atom. The van der Waals surface area contributed by atoms with E-state index in [1.807, 2.05) is 41.1 Å². The minimum Gasteiger partial charge on any atom is -0.341 e. The second-order valence-electron chi connectivity index (χ2n) is 4.26. The molecule has 84 valence electrons. The van der Waals surface area contributed by atoms with E-state index in [-0.39, 0.29) is 11.8 Å². The van der Waals surface area contributed by atoms with E-state index in [9.17, 15) is 4.79 Å². The standard InChI is InChI=1S/C11H19N3O/c1-8(2)11(15)13(4)6-10-7-14(5)12-9(10)3/h7-8H,6H2,1-5H3. The lowest BCUT2D eigenvalue weighted by molar-refractivity contribution is -0.133. The highest BCUT2D eigenvalue weighted by Gasteiger charge is 2.14. The van der Waals surface area contributed by atoms with Gasteiger partial charge >= 0.3 is 0 Å². The Bertz CT molecular complexity index is 355. The van der Waals surface area contributed by atoms with Crippen molar-refractivity contribution in [2.24, 2.45) is 13.0 Å². The molecule has 4 nitrogen and oxygen atoms in total. The Morgan fingerprint density at radius 3 is 2.60 bits per heavy atom. The van der Waals surface area contributed by atoms with E-state index < -0.39 is 0 Å². The third-order valence-electron chi connectivity index (χ3n) is 2.39. The monoisotopic (exact) mass is 209 g/mol. The van der Waals surface area contributed by atoms with Crippen LogP contribution in [-0.2, 0) is 18.4 Å². The smallest absolute Gasteiger partial charge is 0.225 e. The number of amides is 1. The van der Waals surface area contributed by atoms with Crippen LogP contribution in [0.2, 0.25) is 0 Å². The second-order valence-corrected chi connectivity index (χ2v) is 4.26. The topological polar surface area (TPSA) is 38.1 Å². The maximum Gasteiger partial charge on any atom is 0.225 e. The van der Waals surface area contributed by atoms with Gasteiger partial charge in [-0.3, -0.25) is 9.48 Å². The van der Waals surface area contributed by atoms with Gasteiger partial charge in [0.1, 0.15) is 0 Å². The molecule has 0 unspecified atom stereocenters. The van der Waals surface area contributed by atoms with Crippen molar-refractivity contribution in [1.29, 1.82) is 0 Å². The summed E-state index contributed by atoms with van der Waals surface area (Å²) in [5.41, 5.74) is 2.09. The predicted octanol–water partition coefficient (Wildman–Crippen LogP) is 1.34. The minimum absolute atomic E-state index is 0.0481. The number of hydrogen-bond donors (Lipinski definition) is 0. The second kappa shape index (κ2) is 4.47. The summed E-state index contributed by atoms with van der Waals surface area (Å²) in [6.45, 7) is 6.42. The summed E-state index contributed by atoms with van der Waals surface area (Å²) >= 11 is 0. The summed E-state index contributed by atoms with van der Waals surface area (Å²) in [6, 6.07) is 0. The van der Waals surface area contributed by atoms with E-state index in [2.05, 4.69) is 5.10 Å². The van der Waals surface area contributed by atoms with Crippen molar-refractivity contribution < 1.29 is 4.79 Å². The zero-order chi connectivity index (χ0) is 11.6. The van der Waals surface area contributed by atoms with Gasteiger partial charge in [-0.15, -0.1) is 0 Å². The summed E-state index contributed by atoms with van der Waals surface area (Å²) in [4.78, 5) is 13.4. The molecule has 0 radical (unpaired) electrons. The number of nitrogens with zero attached hydrogens (tertiary/aromatic N) is 3. The Hall–Kier alpha value is -1.32. The fourth-order valence-corrected chi connectivity index (χ4v) is 1.58. The van der Waals surface area contributed by atoms with E-state index in [1.165, 1.54) is 0 Å². The van der Waals surface area contributed by atoms with Crippen LogP contribution in [0.3, 0.4) is 0 Å². The summed E-state index contributed by atoms with van der Waals surface area (Å²) in [7, 11) is 3.72. The van der Waals surface area contributed by atoms with Crippen molar-refractivity contribution in [3.63, 3.8) is 0 Å². The molecule has 1 amide bonds. The fourth-order valence-electron chi connectivity index (χ4n) is 1.58. The predicted molar refractivity (Wildman–Crippen MR) is 59.3 cm³/mol. The average molecular weight is 209 g/mol. The summed E-state index contributed by atoms with van der Waals surface area (Å²) in [5.74, 6) is 0.213. The average Bonchev–Trinajstić information content (AvgIpc) is 2.43. The minimum atomic E-state index is 0.0481. The molecule has 1 heterocycles. The van der Waals surface area contributed by atoms with Crippen molar-refractivity contribution in [1.82, 2.24) is 14.7 Å². The summed E-state index contributed by atoms with van der Waals surface area (Å²) in [6.07, 6.45) is 1.96. The molecule has 1 aromatic rings. The van der Waals surface area contributed by atoms with Gasteiger partial charge in [-0.2, -0.15) is 5.10 Å². The van der Waals surface area contributed by atoms with Gasteiger partial charge in [-0.25, -0.2) is 0 Å². The summed E-state index contributed by atoms with van der Waals surface area (Å²) < 4.78 is 1.78. The Morgan fingerprint density at radius 1 is 1.60 bits per heavy atom. The van der Waals surface area contributed by atoms with E-state index in [4.69, 9.17) is 0 Å². The van der Waals surface area contributed by atoms with Crippen molar-refractivity contribution in [3.8, 4) is 0 Å². The first-order valence-corrected chi connectivity index (χ1v) is 5.16. The van der Waals surface area contributed by atoms with Gasteiger partial charge in [-0.1, -0.05) is 13.8 Å². The fraction of sp³-hybridized carbons (Fsp3) is 0.636. The first-order chi connectivity index (χ1) is 6.91. The molecular weight excluding hydrogens is 190 g/mol. The zero-order valence-corrected chi connectivity index (χ0v) is 10.1. The molecule has 0 bridgehead atoms. The Balaban J connectivity index is 2.70. The van der Waals surface area contributed by atoms with Gasteiger partial charge in [-0.05, 0) is 6.92 Å². The van der Waals surface area contributed by atoms with E-state index in [0.717, 1.165) is 11.3 Å². The highest BCUT2D eigenvalue weighted by Crippen LogP contribution is 2.09. The van der Waals surface area contributed by atoms with Crippen LogP contribution in [0.4, 0.5) is 0 Å². The van der Waals surface area contributed by atoms with Crippen LogP contribution in [0.25, 0.3) is 0 Å². The van der Waals surface area contributed by atoms with Crippen LogP contribution >= 0.6 is 0 Å². The molecule has 0 aromatic carbocycles. The third kappa shape index (κ3) is 2.81. The molecule has 0 saturated heterocycles. The maximum atomic E-state index is 11.7. The van der Waals surface area contributed by atoms with Crippen LogP contribution in [0.15, 0.2) is 6.20 Å². The van der Waals surface area contributed by atoms with Gasteiger partial charge in [0.15, 0.2) is 0 Å². The van der Waals surface area contributed by atoms with Crippen molar-refractivity contribution in [2.75, 3.05) is 7.05 Å². The molecular formula is C11H19N3O.